The summed E-state index contributed by atoms with van der Waals surface area (Å²) in [6.07, 6.45) is 0.716. The number of hydrogen-bond acceptors (Lipinski definition) is 5. The smallest absolute Gasteiger partial charge is 0.411 e. The SMILES string of the molecule is COC[C@H](c1ccccc1)N(CC1(C(=O)O)CC1)C(=O)[C@@H]1Cc2ccccc2CN1C(=O)OCc1ccccc1. The molecule has 0 unspecified atom stereocenters. The lowest BCUT2D eigenvalue weighted by Gasteiger charge is -2.41. The van der Waals surface area contributed by atoms with E-state index in [1.807, 2.05) is 84.9 Å². The highest BCUT2D eigenvalue weighted by Gasteiger charge is 2.53. The van der Waals surface area contributed by atoms with Gasteiger partial charge in [0.2, 0.25) is 5.91 Å². The van der Waals surface area contributed by atoms with Gasteiger partial charge in [0.25, 0.3) is 0 Å². The summed E-state index contributed by atoms with van der Waals surface area (Å²) in [4.78, 5) is 43.4. The van der Waals surface area contributed by atoms with Crippen LogP contribution in [-0.2, 0) is 38.6 Å². The molecule has 0 radical (unpaired) electrons. The topological polar surface area (TPSA) is 96.4 Å². The molecule has 1 aliphatic heterocycles. The summed E-state index contributed by atoms with van der Waals surface area (Å²) in [6.45, 7) is 0.529. The molecule has 3 aromatic carbocycles. The van der Waals surface area contributed by atoms with E-state index in [0.717, 1.165) is 22.3 Å². The lowest BCUT2D eigenvalue weighted by Crippen LogP contribution is -2.56. The van der Waals surface area contributed by atoms with Crippen LogP contribution in [0.2, 0.25) is 0 Å². The van der Waals surface area contributed by atoms with Crippen molar-refractivity contribution in [1.29, 1.82) is 0 Å². The van der Waals surface area contributed by atoms with Crippen LogP contribution in [-0.4, -0.2) is 59.2 Å². The fourth-order valence-corrected chi connectivity index (χ4v) is 5.39. The first-order valence-corrected chi connectivity index (χ1v) is 13.5. The molecule has 1 heterocycles. The quantitative estimate of drug-likeness (QED) is 0.394. The summed E-state index contributed by atoms with van der Waals surface area (Å²) in [7, 11) is 1.56. The first kappa shape index (κ1) is 27.4. The van der Waals surface area contributed by atoms with Gasteiger partial charge in [-0.1, -0.05) is 84.9 Å². The minimum absolute atomic E-state index is 0.0368. The van der Waals surface area contributed by atoms with Crippen molar-refractivity contribution in [3.05, 3.63) is 107 Å². The Kier molecular flexibility index (Phi) is 8.16. The first-order valence-electron chi connectivity index (χ1n) is 13.5. The van der Waals surface area contributed by atoms with E-state index in [1.165, 1.54) is 4.90 Å². The van der Waals surface area contributed by atoms with Crippen LogP contribution < -0.4 is 0 Å². The first-order chi connectivity index (χ1) is 19.4. The standard InChI is InChI=1S/C32H34N2O6/c1-39-21-28(24-12-6-3-7-13-24)34(22-32(16-17-32)30(36)37)29(35)27-18-25-14-8-9-15-26(25)19-33(27)31(38)40-20-23-10-4-2-5-11-23/h2-15,27-28H,16-22H2,1H3,(H,36,37)/t27-,28+/m0/s1. The molecule has 0 spiro atoms. The van der Waals surface area contributed by atoms with Crippen molar-refractivity contribution in [3.63, 3.8) is 0 Å². The average molecular weight is 543 g/mol. The Labute approximate surface area is 234 Å². The second-order valence-electron chi connectivity index (χ2n) is 10.6. The molecule has 208 valence electrons. The van der Waals surface area contributed by atoms with E-state index in [9.17, 15) is 19.5 Å². The summed E-state index contributed by atoms with van der Waals surface area (Å²) in [6, 6.07) is 25.2. The summed E-state index contributed by atoms with van der Waals surface area (Å²) in [5, 5.41) is 10.0. The molecular weight excluding hydrogens is 508 g/mol. The summed E-state index contributed by atoms with van der Waals surface area (Å²) >= 11 is 0. The Balaban J connectivity index is 1.49. The molecule has 2 aliphatic rings. The van der Waals surface area contributed by atoms with E-state index in [4.69, 9.17) is 9.47 Å². The van der Waals surface area contributed by atoms with E-state index >= 15 is 0 Å². The predicted octanol–water partition coefficient (Wildman–Crippen LogP) is 4.83. The van der Waals surface area contributed by atoms with E-state index in [1.54, 1.807) is 12.0 Å². The van der Waals surface area contributed by atoms with E-state index < -0.39 is 29.6 Å². The third-order valence-electron chi connectivity index (χ3n) is 7.92. The van der Waals surface area contributed by atoms with Gasteiger partial charge in [0.1, 0.15) is 12.6 Å². The second-order valence-corrected chi connectivity index (χ2v) is 10.6. The zero-order valence-electron chi connectivity index (χ0n) is 22.6. The molecule has 2 amide bonds. The molecule has 0 aromatic heterocycles. The molecule has 8 heteroatoms. The molecule has 1 fully saturated rings. The fourth-order valence-electron chi connectivity index (χ4n) is 5.39. The van der Waals surface area contributed by atoms with Crippen molar-refractivity contribution in [2.45, 2.75) is 44.5 Å². The van der Waals surface area contributed by atoms with Crippen LogP contribution in [0.3, 0.4) is 0 Å². The van der Waals surface area contributed by atoms with Crippen LogP contribution in [0.25, 0.3) is 0 Å². The molecule has 1 saturated carbocycles. The van der Waals surface area contributed by atoms with Gasteiger partial charge in [-0.3, -0.25) is 14.5 Å². The Bertz CT molecular complexity index is 1340. The van der Waals surface area contributed by atoms with Gasteiger partial charge in [-0.05, 0) is 35.1 Å². The average Bonchev–Trinajstić information content (AvgIpc) is 3.79. The number of hydrogen-bond donors (Lipinski definition) is 1. The van der Waals surface area contributed by atoms with E-state index in [0.29, 0.717) is 19.3 Å². The number of rotatable bonds is 10. The number of nitrogens with zero attached hydrogens (tertiary/aromatic N) is 2. The molecule has 1 N–H and O–H groups in total. The van der Waals surface area contributed by atoms with Crippen molar-refractivity contribution < 1.29 is 29.0 Å². The van der Waals surface area contributed by atoms with Crippen LogP contribution in [0.15, 0.2) is 84.9 Å². The van der Waals surface area contributed by atoms with Gasteiger partial charge in [0.15, 0.2) is 0 Å². The minimum Gasteiger partial charge on any atom is -0.481 e. The van der Waals surface area contributed by atoms with Gasteiger partial charge >= 0.3 is 12.1 Å². The largest absolute Gasteiger partial charge is 0.481 e. The molecule has 5 rings (SSSR count). The molecular formula is C32H34N2O6. The monoisotopic (exact) mass is 542 g/mol. The summed E-state index contributed by atoms with van der Waals surface area (Å²) in [5.74, 6) is -1.23. The maximum atomic E-state index is 14.5. The Morgan fingerprint density at radius 1 is 0.950 bits per heavy atom. The lowest BCUT2D eigenvalue weighted by molar-refractivity contribution is -0.149. The second kappa shape index (κ2) is 11.9. The van der Waals surface area contributed by atoms with Gasteiger partial charge in [-0.25, -0.2) is 4.79 Å². The Morgan fingerprint density at radius 2 is 1.57 bits per heavy atom. The number of benzene rings is 3. The highest BCUT2D eigenvalue weighted by molar-refractivity contribution is 5.88. The molecule has 40 heavy (non-hydrogen) atoms. The molecule has 8 nitrogen and oxygen atoms in total. The number of carboxylic acid groups (broad SMARTS) is 1. The number of ether oxygens (including phenoxy) is 2. The molecule has 1 aliphatic carbocycles. The van der Waals surface area contributed by atoms with Crippen LogP contribution >= 0.6 is 0 Å². The summed E-state index contributed by atoms with van der Waals surface area (Å²) in [5.41, 5.74) is 2.62. The number of fused-ring (bicyclic) bond motifs is 1. The van der Waals surface area contributed by atoms with E-state index in [-0.39, 0.29) is 32.2 Å². The molecule has 2 atom stereocenters. The van der Waals surface area contributed by atoms with Crippen molar-refractivity contribution >= 4 is 18.0 Å². The maximum absolute atomic E-state index is 14.5. The number of carboxylic acids is 1. The maximum Gasteiger partial charge on any atom is 0.411 e. The fraction of sp³-hybridized carbons (Fsp3) is 0.344. The van der Waals surface area contributed by atoms with Gasteiger partial charge < -0.3 is 19.5 Å². The highest BCUT2D eigenvalue weighted by Crippen LogP contribution is 2.48. The number of methoxy groups -OCH3 is 1. The van der Waals surface area contributed by atoms with Crippen LogP contribution in [0, 0.1) is 5.41 Å². The minimum atomic E-state index is -0.998. The molecule has 0 saturated heterocycles. The van der Waals surface area contributed by atoms with Crippen molar-refractivity contribution in [1.82, 2.24) is 9.80 Å². The van der Waals surface area contributed by atoms with Gasteiger partial charge in [0, 0.05) is 20.1 Å². The number of carbonyl (C=O) groups excluding carboxylic acids is 2. The lowest BCUT2D eigenvalue weighted by atomic mass is 9.92. The van der Waals surface area contributed by atoms with Crippen LogP contribution in [0.5, 0.6) is 0 Å². The van der Waals surface area contributed by atoms with Gasteiger partial charge in [0.05, 0.1) is 24.6 Å². The molecule has 0 bridgehead atoms. The third-order valence-corrected chi connectivity index (χ3v) is 7.92. The van der Waals surface area contributed by atoms with Crippen molar-refractivity contribution in [3.8, 4) is 0 Å². The Morgan fingerprint density at radius 3 is 2.20 bits per heavy atom. The Hall–Kier alpha value is -4.17. The number of aliphatic carboxylic acids is 1. The van der Waals surface area contributed by atoms with Crippen molar-refractivity contribution in [2.24, 2.45) is 5.41 Å². The zero-order chi connectivity index (χ0) is 28.1. The third kappa shape index (κ3) is 5.87. The molecule has 3 aromatic rings. The van der Waals surface area contributed by atoms with Crippen LogP contribution in [0.1, 0.15) is 41.1 Å². The summed E-state index contributed by atoms with van der Waals surface area (Å²) < 4.78 is 11.2. The predicted molar refractivity (Wildman–Crippen MR) is 148 cm³/mol. The zero-order valence-corrected chi connectivity index (χ0v) is 22.6. The van der Waals surface area contributed by atoms with Crippen LogP contribution in [0.4, 0.5) is 4.79 Å². The van der Waals surface area contributed by atoms with Crippen molar-refractivity contribution in [2.75, 3.05) is 20.3 Å². The van der Waals surface area contributed by atoms with E-state index in [2.05, 4.69) is 0 Å². The number of amides is 2. The highest BCUT2D eigenvalue weighted by atomic mass is 16.6. The number of carbonyl (C=O) groups is 3. The van der Waals surface area contributed by atoms with Gasteiger partial charge in [-0.15, -0.1) is 0 Å². The normalized spacial score (nSPS) is 17.8. The van der Waals surface area contributed by atoms with Gasteiger partial charge in [-0.2, -0.15) is 0 Å².